The van der Waals surface area contributed by atoms with E-state index < -0.39 is 21.7 Å². The average Bonchev–Trinajstić information content (AvgIpc) is 3.20. The highest BCUT2D eigenvalue weighted by Gasteiger charge is 2.56. The topological polar surface area (TPSA) is 59.4 Å². The first-order chi connectivity index (χ1) is 14.6. The molecule has 1 aromatic heterocycles. The van der Waals surface area contributed by atoms with Crippen molar-refractivity contribution in [3.63, 3.8) is 0 Å². The first kappa shape index (κ1) is 21.1. The summed E-state index contributed by atoms with van der Waals surface area (Å²) in [5.41, 5.74) is 3.43. The molecule has 0 spiro atoms. The Labute approximate surface area is 190 Å². The van der Waals surface area contributed by atoms with Crippen LogP contribution in [0.1, 0.15) is 6.42 Å². The molecule has 5 rings (SSSR count). The van der Waals surface area contributed by atoms with Crippen LogP contribution in [0.2, 0.25) is 0 Å². The van der Waals surface area contributed by atoms with E-state index in [-0.39, 0.29) is 29.3 Å². The van der Waals surface area contributed by atoms with E-state index in [2.05, 4.69) is 20.8 Å². The summed E-state index contributed by atoms with van der Waals surface area (Å²) in [7, 11) is -2.96. The Balaban J connectivity index is 1.48. The Hall–Kier alpha value is -1.78. The minimum Gasteiger partial charge on any atom is -0.369 e. The number of aromatic nitrogens is 1. The number of anilines is 1. The van der Waals surface area contributed by atoms with Crippen LogP contribution in [-0.2, 0) is 16.4 Å². The molecule has 0 N–H and O–H groups in total. The first-order valence-corrected chi connectivity index (χ1v) is 13.3. The van der Waals surface area contributed by atoms with Gasteiger partial charge in [-0.2, -0.15) is 0 Å². The molecule has 10 heteroatoms. The maximum atomic E-state index is 13.4. The van der Waals surface area contributed by atoms with Crippen molar-refractivity contribution >= 4 is 53.0 Å². The normalized spacial score (nSPS) is 22.0. The number of nitrogens with zero attached hydrogens (tertiary/aromatic N) is 2. The summed E-state index contributed by atoms with van der Waals surface area (Å²) in [5, 5.41) is 0. The third kappa shape index (κ3) is 3.93. The quantitative estimate of drug-likeness (QED) is 0.504. The van der Waals surface area contributed by atoms with Crippen molar-refractivity contribution in [2.75, 3.05) is 29.5 Å². The first-order valence-electron chi connectivity index (χ1n) is 9.90. The highest BCUT2D eigenvalue weighted by Crippen LogP contribution is 2.50. The highest BCUT2D eigenvalue weighted by molar-refractivity contribution is 9.10. The molecule has 1 aliphatic carbocycles. The van der Waals surface area contributed by atoms with Crippen molar-refractivity contribution in [2.45, 2.75) is 18.9 Å². The summed E-state index contributed by atoms with van der Waals surface area (Å²) in [6.45, 7) is 0.954. The van der Waals surface area contributed by atoms with Crippen LogP contribution in [0.15, 0.2) is 45.7 Å². The van der Waals surface area contributed by atoms with Gasteiger partial charge in [0.1, 0.15) is 0 Å². The van der Waals surface area contributed by atoms with E-state index >= 15 is 0 Å². The number of fused-ring (bicyclic) bond motifs is 1. The zero-order valence-electron chi connectivity index (χ0n) is 16.4. The molecule has 3 aromatic rings. The number of benzene rings is 2. The average molecular weight is 529 g/mol. The zero-order valence-corrected chi connectivity index (χ0v) is 19.6. The second-order valence-corrected chi connectivity index (χ2v) is 12.2. The SMILES string of the molecule is O=c1sc2c(Br)c(-c3cccc(N4CCS(=O)(=O)CC4)c3)ccc2n1CC1CC1(F)F. The van der Waals surface area contributed by atoms with Crippen molar-refractivity contribution in [1.82, 2.24) is 4.57 Å². The lowest BCUT2D eigenvalue weighted by atomic mass is 10.0. The summed E-state index contributed by atoms with van der Waals surface area (Å²) in [6.07, 6.45) is -0.166. The van der Waals surface area contributed by atoms with Crippen LogP contribution < -0.4 is 9.77 Å². The summed E-state index contributed by atoms with van der Waals surface area (Å²) in [5.74, 6) is -3.14. The fraction of sp³-hybridized carbons (Fsp3) is 0.381. The lowest BCUT2D eigenvalue weighted by Crippen LogP contribution is -2.40. The molecule has 164 valence electrons. The third-order valence-electron chi connectivity index (χ3n) is 6.00. The van der Waals surface area contributed by atoms with E-state index in [4.69, 9.17) is 0 Å². The van der Waals surface area contributed by atoms with Gasteiger partial charge in [-0.25, -0.2) is 17.2 Å². The van der Waals surface area contributed by atoms with E-state index in [1.807, 2.05) is 36.4 Å². The van der Waals surface area contributed by atoms with Gasteiger partial charge in [0.2, 0.25) is 0 Å². The summed E-state index contributed by atoms with van der Waals surface area (Å²) >= 11 is 4.68. The lowest BCUT2D eigenvalue weighted by molar-refractivity contribution is 0.0953. The molecule has 2 aliphatic rings. The Kier molecular flexibility index (Phi) is 5.02. The molecule has 1 saturated heterocycles. The molecule has 1 atom stereocenters. The molecule has 1 unspecified atom stereocenters. The van der Waals surface area contributed by atoms with Crippen LogP contribution >= 0.6 is 27.3 Å². The fourth-order valence-corrected chi connectivity index (χ4v) is 6.97. The Morgan fingerprint density at radius 3 is 2.55 bits per heavy atom. The van der Waals surface area contributed by atoms with Crippen molar-refractivity contribution in [1.29, 1.82) is 0 Å². The Morgan fingerprint density at radius 1 is 1.16 bits per heavy atom. The summed E-state index contributed by atoms with van der Waals surface area (Å²) < 4.78 is 53.1. The second kappa shape index (κ2) is 7.38. The zero-order chi connectivity index (χ0) is 22.0. The van der Waals surface area contributed by atoms with Crippen molar-refractivity contribution in [3.8, 4) is 11.1 Å². The van der Waals surface area contributed by atoms with Crippen LogP contribution in [0.3, 0.4) is 0 Å². The Morgan fingerprint density at radius 2 is 1.87 bits per heavy atom. The maximum Gasteiger partial charge on any atom is 0.308 e. The van der Waals surface area contributed by atoms with Gasteiger partial charge in [-0.3, -0.25) is 9.36 Å². The van der Waals surface area contributed by atoms with E-state index in [0.29, 0.717) is 18.6 Å². The van der Waals surface area contributed by atoms with Gasteiger partial charge in [-0.1, -0.05) is 29.5 Å². The minimum absolute atomic E-state index is 0.0327. The number of halogens is 3. The number of sulfone groups is 1. The van der Waals surface area contributed by atoms with Crippen LogP contribution in [0.5, 0.6) is 0 Å². The maximum absolute atomic E-state index is 13.4. The van der Waals surface area contributed by atoms with Gasteiger partial charge in [0, 0.05) is 42.1 Å². The third-order valence-corrected chi connectivity index (χ3v) is 9.71. The van der Waals surface area contributed by atoms with Gasteiger partial charge in [0.25, 0.3) is 5.92 Å². The van der Waals surface area contributed by atoms with Crippen LogP contribution in [-0.4, -0.2) is 43.5 Å². The molecule has 0 radical (unpaired) electrons. The van der Waals surface area contributed by atoms with Gasteiger partial charge < -0.3 is 4.90 Å². The number of alkyl halides is 2. The van der Waals surface area contributed by atoms with Gasteiger partial charge >= 0.3 is 4.87 Å². The van der Waals surface area contributed by atoms with Crippen molar-refractivity contribution in [3.05, 3.63) is 50.5 Å². The standard InChI is InChI=1S/C21H19BrF2N2O3S2/c22-18-16(13-2-1-3-15(10-13)25-6-8-31(28,29)9-7-25)4-5-17-19(18)30-20(27)26(17)12-14-11-21(14,23)24/h1-5,10,14H,6-9,11-12H2. The molecule has 2 heterocycles. The largest absolute Gasteiger partial charge is 0.369 e. The van der Waals surface area contributed by atoms with E-state index in [1.54, 1.807) is 0 Å². The van der Waals surface area contributed by atoms with Crippen LogP contribution in [0.25, 0.3) is 21.3 Å². The molecule has 1 saturated carbocycles. The molecule has 5 nitrogen and oxygen atoms in total. The number of rotatable bonds is 4. The molecule has 31 heavy (non-hydrogen) atoms. The Bertz CT molecular complexity index is 1340. The molecule has 2 aromatic carbocycles. The van der Waals surface area contributed by atoms with Gasteiger partial charge in [0.05, 0.1) is 21.7 Å². The van der Waals surface area contributed by atoms with Gasteiger partial charge in [-0.05, 0) is 45.3 Å². The van der Waals surface area contributed by atoms with E-state index in [9.17, 15) is 22.0 Å². The van der Waals surface area contributed by atoms with Crippen LogP contribution in [0, 0.1) is 5.92 Å². The summed E-state index contributed by atoms with van der Waals surface area (Å²) in [4.78, 5) is 14.3. The van der Waals surface area contributed by atoms with Gasteiger partial charge in [0.15, 0.2) is 9.84 Å². The monoisotopic (exact) mass is 528 g/mol. The number of hydrogen-bond donors (Lipinski definition) is 0. The van der Waals surface area contributed by atoms with E-state index in [1.165, 1.54) is 4.57 Å². The fourth-order valence-electron chi connectivity index (χ4n) is 4.02. The lowest BCUT2D eigenvalue weighted by Gasteiger charge is -2.29. The molecule has 2 fully saturated rings. The van der Waals surface area contributed by atoms with Gasteiger partial charge in [-0.15, -0.1) is 0 Å². The smallest absolute Gasteiger partial charge is 0.308 e. The molecule has 1 aliphatic heterocycles. The molecule has 0 bridgehead atoms. The van der Waals surface area contributed by atoms with Crippen LogP contribution in [0.4, 0.5) is 14.5 Å². The van der Waals surface area contributed by atoms with E-state index in [0.717, 1.165) is 37.3 Å². The number of hydrogen-bond acceptors (Lipinski definition) is 5. The second-order valence-electron chi connectivity index (χ2n) is 8.11. The van der Waals surface area contributed by atoms with Crippen molar-refractivity contribution in [2.24, 2.45) is 5.92 Å². The molecular weight excluding hydrogens is 510 g/mol. The minimum atomic E-state index is -2.96. The molecule has 0 amide bonds. The predicted molar refractivity (Wildman–Crippen MR) is 123 cm³/mol. The van der Waals surface area contributed by atoms with Crippen molar-refractivity contribution < 1.29 is 17.2 Å². The summed E-state index contributed by atoms with van der Waals surface area (Å²) in [6, 6.07) is 11.6. The number of thiazole rings is 1. The molecular formula is C21H19BrF2N2O3S2. The predicted octanol–water partition coefficient (Wildman–Crippen LogP) is 4.38. The highest BCUT2D eigenvalue weighted by atomic mass is 79.9.